The van der Waals surface area contributed by atoms with Crippen molar-refractivity contribution in [3.05, 3.63) is 166 Å². The molecule has 5 aromatic carbocycles. The third-order valence-electron chi connectivity index (χ3n) is 7.78. The van der Waals surface area contributed by atoms with Crippen molar-refractivity contribution in [2.24, 2.45) is 0 Å². The predicted molar refractivity (Wildman–Crippen MR) is 184 cm³/mol. The fraction of sp³-hybridized carbons (Fsp3) is 0.105. The number of carbonyl (C=O) groups is 2. The Bertz CT molecular complexity index is 2070. The average molecular weight is 750 g/mol. The monoisotopic (exact) mass is 749 g/mol. The van der Waals surface area contributed by atoms with Gasteiger partial charge in [0.15, 0.2) is 0 Å². The van der Waals surface area contributed by atoms with Crippen LogP contribution in [0.5, 0.6) is 11.5 Å². The summed E-state index contributed by atoms with van der Waals surface area (Å²) in [5.41, 5.74) is 3.78. The first-order chi connectivity index (χ1) is 22.9. The minimum atomic E-state index is -0.625. The molecule has 232 valence electrons. The second kappa shape index (κ2) is 13.1. The van der Waals surface area contributed by atoms with Crippen molar-refractivity contribution in [3.8, 4) is 17.2 Å². The summed E-state index contributed by atoms with van der Waals surface area (Å²) in [6, 6.07) is 37.7. The zero-order valence-electron chi connectivity index (χ0n) is 25.3. The van der Waals surface area contributed by atoms with Crippen LogP contribution in [0.25, 0.3) is 5.69 Å². The summed E-state index contributed by atoms with van der Waals surface area (Å²) in [6.07, 6.45) is 2.26. The first kappa shape index (κ1) is 30.8. The fourth-order valence-corrected chi connectivity index (χ4v) is 8.21. The number of nitrogens with zero attached hydrogens (tertiary/aromatic N) is 3. The van der Waals surface area contributed by atoms with Crippen molar-refractivity contribution in [1.82, 2.24) is 15.0 Å². The van der Waals surface area contributed by atoms with Crippen LogP contribution in [0.4, 0.5) is 0 Å². The third kappa shape index (κ3) is 6.56. The topological polar surface area (TPSA) is 83.3 Å². The predicted octanol–water partition coefficient (Wildman–Crippen LogP) is 6.75. The quantitative estimate of drug-likeness (QED) is 0.114. The number of halogens is 1. The number of ketones is 2. The number of hydrogen-bond acceptors (Lipinski definition) is 6. The van der Waals surface area contributed by atoms with Crippen LogP contribution in [-0.2, 0) is 13.0 Å². The second-order valence-corrected chi connectivity index (χ2v) is 15.4. The van der Waals surface area contributed by atoms with E-state index in [9.17, 15) is 9.59 Å². The zero-order chi connectivity index (χ0) is 32.4. The van der Waals surface area contributed by atoms with Gasteiger partial charge in [-0.3, -0.25) is 0 Å². The van der Waals surface area contributed by atoms with Crippen LogP contribution in [0.1, 0.15) is 50.0 Å². The summed E-state index contributed by atoms with van der Waals surface area (Å²) in [4.78, 5) is 28.3. The zero-order valence-corrected chi connectivity index (χ0v) is 28.6. The molecule has 0 N–H and O–H groups in total. The Hall–Kier alpha value is -4.82. The Balaban J connectivity index is 1.32. The molecule has 0 saturated heterocycles. The third-order valence-corrected chi connectivity index (χ3v) is 10.8. The van der Waals surface area contributed by atoms with E-state index in [0.717, 1.165) is 10.2 Å². The Morgan fingerprint density at radius 2 is 1.45 bits per heavy atom. The van der Waals surface area contributed by atoms with Gasteiger partial charge in [0.05, 0.1) is 0 Å². The van der Waals surface area contributed by atoms with Crippen LogP contribution in [0.2, 0.25) is 0 Å². The fourth-order valence-electron chi connectivity index (χ4n) is 5.57. The molecule has 7 nitrogen and oxygen atoms in total. The average Bonchev–Trinajstić information content (AvgIpc) is 3.72. The van der Waals surface area contributed by atoms with Crippen molar-refractivity contribution in [1.29, 1.82) is 0 Å². The van der Waals surface area contributed by atoms with E-state index in [1.54, 1.807) is 41.2 Å². The van der Waals surface area contributed by atoms with Crippen molar-refractivity contribution in [3.63, 3.8) is 0 Å². The molecule has 1 aliphatic heterocycles. The molecule has 0 radical (unpaired) electrons. The summed E-state index contributed by atoms with van der Waals surface area (Å²) in [5, 5.41) is 8.62. The Morgan fingerprint density at radius 1 is 0.851 bits per heavy atom. The summed E-state index contributed by atoms with van der Waals surface area (Å²) >= 11 is 3.35. The Kier molecular flexibility index (Phi) is 8.60. The van der Waals surface area contributed by atoms with E-state index in [4.69, 9.17) is 9.47 Å². The van der Waals surface area contributed by atoms with Crippen molar-refractivity contribution in [2.45, 2.75) is 24.5 Å². The SMILES string of the molecule is CC1([Se]c2ccccc2)Cc2c(OCc3cn(-c4ccc(Br)cc4)nn3)c(C(=O)c3ccccc3)cc(C(=O)c3ccccc3)c2O1. The van der Waals surface area contributed by atoms with Gasteiger partial charge in [0.1, 0.15) is 0 Å². The van der Waals surface area contributed by atoms with E-state index < -0.39 is 4.50 Å². The van der Waals surface area contributed by atoms with Gasteiger partial charge in [-0.1, -0.05) is 15.9 Å². The van der Waals surface area contributed by atoms with Crippen LogP contribution in [-0.4, -0.2) is 46.0 Å². The van der Waals surface area contributed by atoms with Crippen molar-refractivity contribution in [2.75, 3.05) is 0 Å². The van der Waals surface area contributed by atoms with Crippen LogP contribution < -0.4 is 13.9 Å². The molecule has 1 unspecified atom stereocenters. The van der Waals surface area contributed by atoms with Crippen molar-refractivity contribution < 1.29 is 19.1 Å². The summed E-state index contributed by atoms with van der Waals surface area (Å²) < 4.78 is 16.5. The number of ether oxygens (including phenoxy) is 2. The van der Waals surface area contributed by atoms with Gasteiger partial charge in [-0.25, -0.2) is 0 Å². The van der Waals surface area contributed by atoms with Gasteiger partial charge >= 0.3 is 268 Å². The molecule has 1 aromatic heterocycles. The van der Waals surface area contributed by atoms with E-state index >= 15 is 0 Å². The maximum absolute atomic E-state index is 14.2. The Morgan fingerprint density at radius 3 is 2.09 bits per heavy atom. The number of fused-ring (bicyclic) bond motifs is 1. The van der Waals surface area contributed by atoms with Crippen LogP contribution in [0.15, 0.2) is 132 Å². The number of carbonyl (C=O) groups excluding carboxylic acids is 2. The minimum absolute atomic E-state index is 0.0601. The number of aromatic nitrogens is 3. The summed E-state index contributed by atoms with van der Waals surface area (Å²) in [7, 11) is 0. The van der Waals surface area contributed by atoms with Gasteiger partial charge in [0, 0.05) is 4.47 Å². The van der Waals surface area contributed by atoms with Gasteiger partial charge in [0.25, 0.3) is 0 Å². The van der Waals surface area contributed by atoms with E-state index in [-0.39, 0.29) is 33.1 Å². The molecule has 1 atom stereocenters. The van der Waals surface area contributed by atoms with Gasteiger partial charge in [-0.15, -0.1) is 0 Å². The molecule has 0 saturated carbocycles. The Labute approximate surface area is 286 Å². The number of hydrogen-bond donors (Lipinski definition) is 0. The maximum atomic E-state index is 14.2. The molecular formula is C38H28BrN3O4Se. The van der Waals surface area contributed by atoms with Crippen LogP contribution >= 0.6 is 15.9 Å². The molecule has 0 spiro atoms. The molecular weight excluding hydrogens is 721 g/mol. The molecule has 0 fully saturated rings. The van der Waals surface area contributed by atoms with Gasteiger partial charge in [0.2, 0.25) is 0 Å². The van der Waals surface area contributed by atoms with Crippen molar-refractivity contribution >= 4 is 46.9 Å². The molecule has 0 aliphatic carbocycles. The molecule has 1 aliphatic rings. The van der Waals surface area contributed by atoms with Gasteiger partial charge in [-0.2, -0.15) is 0 Å². The molecule has 47 heavy (non-hydrogen) atoms. The first-order valence-corrected chi connectivity index (χ1v) is 17.5. The molecule has 9 heteroatoms. The first-order valence-electron chi connectivity index (χ1n) is 15.0. The second-order valence-electron chi connectivity index (χ2n) is 11.2. The molecule has 6 aromatic rings. The van der Waals surface area contributed by atoms with Gasteiger partial charge in [-0.05, 0) is 0 Å². The molecule has 0 amide bonds. The standard InChI is InChI=1S/C38H28BrN3O4Se/c1-38(47-30-15-9-4-10-16-30)22-33-36(45-24-28-23-42(41-40-28)29-19-17-27(39)18-20-29)31(34(43)25-11-5-2-6-12-25)21-32(37(33)46-38)35(44)26-13-7-3-8-14-26/h2-21,23H,22,24H2,1H3. The van der Waals surface area contributed by atoms with Gasteiger partial charge < -0.3 is 0 Å². The van der Waals surface area contributed by atoms with Crippen LogP contribution in [0, 0.1) is 0 Å². The number of rotatable bonds is 10. The summed E-state index contributed by atoms with van der Waals surface area (Å²) in [5.74, 6) is 0.386. The molecule has 7 rings (SSSR count). The molecule has 0 bridgehead atoms. The van der Waals surface area contributed by atoms with E-state index in [1.165, 1.54) is 4.46 Å². The van der Waals surface area contributed by atoms with E-state index in [2.05, 4.69) is 45.3 Å². The van der Waals surface area contributed by atoms with Crippen LogP contribution in [0.3, 0.4) is 0 Å². The number of benzene rings is 5. The summed E-state index contributed by atoms with van der Waals surface area (Å²) in [6.45, 7) is 2.12. The molecule has 2 heterocycles. The normalized spacial score (nSPS) is 15.1. The van der Waals surface area contributed by atoms with E-state index in [1.807, 2.05) is 78.9 Å². The van der Waals surface area contributed by atoms with E-state index in [0.29, 0.717) is 51.4 Å².